The van der Waals surface area contributed by atoms with E-state index in [2.05, 4.69) is 10.6 Å². The van der Waals surface area contributed by atoms with Crippen LogP contribution in [-0.4, -0.2) is 42.3 Å². The van der Waals surface area contributed by atoms with E-state index >= 15 is 0 Å². The Morgan fingerprint density at radius 3 is 2.57 bits per heavy atom. The highest BCUT2D eigenvalue weighted by atomic mass is 32.1. The molecular weight excluding hydrogens is 374 g/mol. The molecule has 7 heteroatoms. The van der Waals surface area contributed by atoms with E-state index in [9.17, 15) is 14.4 Å². The van der Waals surface area contributed by atoms with Crippen molar-refractivity contribution in [3.63, 3.8) is 0 Å². The molecule has 0 radical (unpaired) electrons. The SMILES string of the molecule is Cc1cccc(C)c1NC(=O)CNC(=O)C1CCCN(C(=O)c2cccs2)C1. The second kappa shape index (κ2) is 9.01. The zero-order valence-corrected chi connectivity index (χ0v) is 17.0. The molecule has 3 amide bonds. The normalized spacial score (nSPS) is 16.5. The lowest BCUT2D eigenvalue weighted by molar-refractivity contribution is -0.128. The Kier molecular flexibility index (Phi) is 6.46. The molecule has 1 fully saturated rings. The third-order valence-corrected chi connectivity index (χ3v) is 5.84. The number of carbonyl (C=O) groups excluding carboxylic acids is 3. The van der Waals surface area contributed by atoms with Gasteiger partial charge in [0, 0.05) is 18.8 Å². The highest BCUT2D eigenvalue weighted by molar-refractivity contribution is 7.12. The molecule has 0 saturated carbocycles. The summed E-state index contributed by atoms with van der Waals surface area (Å²) >= 11 is 1.41. The molecule has 2 N–H and O–H groups in total. The summed E-state index contributed by atoms with van der Waals surface area (Å²) in [5.41, 5.74) is 2.75. The van der Waals surface area contributed by atoms with Crippen molar-refractivity contribution in [3.8, 4) is 0 Å². The van der Waals surface area contributed by atoms with Crippen molar-refractivity contribution in [1.29, 1.82) is 0 Å². The van der Waals surface area contributed by atoms with Crippen molar-refractivity contribution in [3.05, 3.63) is 51.7 Å². The van der Waals surface area contributed by atoms with Crippen LogP contribution in [0.1, 0.15) is 33.6 Å². The van der Waals surface area contributed by atoms with Gasteiger partial charge in [-0.05, 0) is 49.3 Å². The molecular formula is C21H25N3O3S. The summed E-state index contributed by atoms with van der Waals surface area (Å²) in [7, 11) is 0. The second-order valence-electron chi connectivity index (χ2n) is 7.10. The second-order valence-corrected chi connectivity index (χ2v) is 8.05. The third-order valence-electron chi connectivity index (χ3n) is 4.98. The van der Waals surface area contributed by atoms with E-state index in [4.69, 9.17) is 0 Å². The first-order chi connectivity index (χ1) is 13.5. The van der Waals surface area contributed by atoms with Crippen LogP contribution in [0.15, 0.2) is 35.7 Å². The molecule has 1 aliphatic rings. The number of aryl methyl sites for hydroxylation is 2. The van der Waals surface area contributed by atoms with Crippen molar-refractivity contribution in [2.24, 2.45) is 5.92 Å². The number of anilines is 1. The zero-order valence-electron chi connectivity index (χ0n) is 16.2. The molecule has 1 aromatic heterocycles. The highest BCUT2D eigenvalue weighted by Gasteiger charge is 2.29. The van der Waals surface area contributed by atoms with Gasteiger partial charge in [-0.1, -0.05) is 24.3 Å². The number of rotatable bonds is 5. The van der Waals surface area contributed by atoms with E-state index in [0.29, 0.717) is 18.0 Å². The molecule has 1 aliphatic heterocycles. The fourth-order valence-corrected chi connectivity index (χ4v) is 4.13. The van der Waals surface area contributed by atoms with Gasteiger partial charge in [-0.3, -0.25) is 14.4 Å². The van der Waals surface area contributed by atoms with Crippen LogP contribution in [-0.2, 0) is 9.59 Å². The molecule has 0 bridgehead atoms. The van der Waals surface area contributed by atoms with Crippen LogP contribution in [0.4, 0.5) is 5.69 Å². The van der Waals surface area contributed by atoms with Crippen LogP contribution in [0.2, 0.25) is 0 Å². The molecule has 2 heterocycles. The standard InChI is InChI=1S/C21H25N3O3S/c1-14-6-3-7-15(2)19(14)23-18(25)12-22-20(26)16-8-4-10-24(13-16)21(27)17-9-5-11-28-17/h3,5-7,9,11,16H,4,8,10,12-13H2,1-2H3,(H,22,26)(H,23,25). The number of amides is 3. The summed E-state index contributed by atoms with van der Waals surface area (Å²) in [6, 6.07) is 9.45. The number of nitrogens with zero attached hydrogens (tertiary/aromatic N) is 1. The number of carbonyl (C=O) groups is 3. The maximum atomic E-state index is 12.5. The molecule has 0 aliphatic carbocycles. The van der Waals surface area contributed by atoms with E-state index in [0.717, 1.165) is 29.7 Å². The van der Waals surface area contributed by atoms with Gasteiger partial charge in [-0.25, -0.2) is 0 Å². The Balaban J connectivity index is 1.51. The first kappa shape index (κ1) is 20.1. The molecule has 148 valence electrons. The monoisotopic (exact) mass is 399 g/mol. The third kappa shape index (κ3) is 4.78. The number of likely N-dealkylation sites (tertiary alicyclic amines) is 1. The molecule has 1 unspecified atom stereocenters. The van der Waals surface area contributed by atoms with Crippen molar-refractivity contribution in [2.45, 2.75) is 26.7 Å². The van der Waals surface area contributed by atoms with Gasteiger partial charge in [0.25, 0.3) is 5.91 Å². The topological polar surface area (TPSA) is 78.5 Å². The summed E-state index contributed by atoms with van der Waals surface area (Å²) < 4.78 is 0. The summed E-state index contributed by atoms with van der Waals surface area (Å²) in [5.74, 6) is -0.751. The maximum Gasteiger partial charge on any atom is 0.263 e. The number of hydrogen-bond donors (Lipinski definition) is 2. The van der Waals surface area contributed by atoms with Crippen LogP contribution >= 0.6 is 11.3 Å². The van der Waals surface area contributed by atoms with Crippen molar-refractivity contribution in [2.75, 3.05) is 25.0 Å². The summed E-state index contributed by atoms with van der Waals surface area (Å²) in [6.07, 6.45) is 1.50. The Hall–Kier alpha value is -2.67. The Bertz CT molecular complexity index is 844. The zero-order chi connectivity index (χ0) is 20.1. The Morgan fingerprint density at radius 1 is 1.14 bits per heavy atom. The number of benzene rings is 1. The van der Waals surface area contributed by atoms with Crippen LogP contribution in [0.5, 0.6) is 0 Å². The minimum absolute atomic E-state index is 0.0275. The molecule has 0 spiro atoms. The largest absolute Gasteiger partial charge is 0.347 e. The summed E-state index contributed by atoms with van der Waals surface area (Å²) in [4.78, 5) is 39.7. The number of hydrogen-bond acceptors (Lipinski definition) is 4. The molecule has 2 aromatic rings. The van der Waals surface area contributed by atoms with Gasteiger partial charge < -0.3 is 15.5 Å². The molecule has 1 atom stereocenters. The van der Waals surface area contributed by atoms with E-state index in [1.807, 2.05) is 43.5 Å². The quantitative estimate of drug-likeness (QED) is 0.811. The highest BCUT2D eigenvalue weighted by Crippen LogP contribution is 2.21. The first-order valence-corrected chi connectivity index (χ1v) is 10.3. The van der Waals surface area contributed by atoms with Gasteiger partial charge in [-0.2, -0.15) is 0 Å². The molecule has 1 aromatic carbocycles. The molecule has 6 nitrogen and oxygen atoms in total. The minimum atomic E-state index is -0.286. The molecule has 28 heavy (non-hydrogen) atoms. The lowest BCUT2D eigenvalue weighted by Gasteiger charge is -2.31. The van der Waals surface area contributed by atoms with Crippen LogP contribution in [0, 0.1) is 19.8 Å². The number of piperidine rings is 1. The van der Waals surface area contributed by atoms with Crippen LogP contribution in [0.25, 0.3) is 0 Å². The van der Waals surface area contributed by atoms with E-state index < -0.39 is 0 Å². The Labute approximate surface area is 168 Å². The molecule has 1 saturated heterocycles. The van der Waals surface area contributed by atoms with E-state index in [-0.39, 0.29) is 30.2 Å². The Morgan fingerprint density at radius 2 is 1.89 bits per heavy atom. The van der Waals surface area contributed by atoms with Gasteiger partial charge in [-0.15, -0.1) is 11.3 Å². The maximum absolute atomic E-state index is 12.5. The average molecular weight is 400 g/mol. The van der Waals surface area contributed by atoms with E-state index in [1.54, 1.807) is 11.0 Å². The summed E-state index contributed by atoms with van der Waals surface area (Å²) in [6.45, 7) is 4.83. The lowest BCUT2D eigenvalue weighted by Crippen LogP contribution is -2.46. The fraction of sp³-hybridized carbons (Fsp3) is 0.381. The van der Waals surface area contributed by atoms with Crippen LogP contribution < -0.4 is 10.6 Å². The first-order valence-electron chi connectivity index (χ1n) is 9.42. The predicted molar refractivity (Wildman–Crippen MR) is 111 cm³/mol. The van der Waals surface area contributed by atoms with Crippen molar-refractivity contribution in [1.82, 2.24) is 10.2 Å². The summed E-state index contributed by atoms with van der Waals surface area (Å²) in [5, 5.41) is 7.46. The number of para-hydroxylation sites is 1. The lowest BCUT2D eigenvalue weighted by atomic mass is 9.97. The fourth-order valence-electron chi connectivity index (χ4n) is 3.44. The van der Waals surface area contributed by atoms with Gasteiger partial charge >= 0.3 is 0 Å². The number of thiophene rings is 1. The van der Waals surface area contributed by atoms with Gasteiger partial charge in [0.05, 0.1) is 17.3 Å². The van der Waals surface area contributed by atoms with Crippen molar-refractivity contribution >= 4 is 34.7 Å². The average Bonchev–Trinajstić information content (AvgIpc) is 3.23. The van der Waals surface area contributed by atoms with E-state index in [1.165, 1.54) is 11.3 Å². The smallest absolute Gasteiger partial charge is 0.263 e. The van der Waals surface area contributed by atoms with Crippen molar-refractivity contribution < 1.29 is 14.4 Å². The number of nitrogens with one attached hydrogen (secondary N) is 2. The minimum Gasteiger partial charge on any atom is -0.347 e. The van der Waals surface area contributed by atoms with Gasteiger partial charge in [0.2, 0.25) is 11.8 Å². The predicted octanol–water partition coefficient (Wildman–Crippen LogP) is 2.97. The van der Waals surface area contributed by atoms with Crippen LogP contribution in [0.3, 0.4) is 0 Å². The molecule has 3 rings (SSSR count). The van der Waals surface area contributed by atoms with Gasteiger partial charge in [0.1, 0.15) is 0 Å². The van der Waals surface area contributed by atoms with Gasteiger partial charge in [0.15, 0.2) is 0 Å².